The van der Waals surface area contributed by atoms with Crippen LogP contribution in [-0.2, 0) is 22.6 Å². The van der Waals surface area contributed by atoms with Gasteiger partial charge >= 0.3 is 0 Å². The first-order valence-electron chi connectivity index (χ1n) is 8.93. The molecule has 0 bridgehead atoms. The number of hydrogen-bond donors (Lipinski definition) is 2. The summed E-state index contributed by atoms with van der Waals surface area (Å²) in [5, 5.41) is 9.98. The molecule has 1 rings (SSSR count). The van der Waals surface area contributed by atoms with Crippen molar-refractivity contribution in [2.75, 3.05) is 13.2 Å². The second-order valence-electron chi connectivity index (χ2n) is 7.93. The van der Waals surface area contributed by atoms with E-state index in [1.807, 2.05) is 32.9 Å². The summed E-state index contributed by atoms with van der Waals surface area (Å²) in [6.07, 6.45) is 3.35. The van der Waals surface area contributed by atoms with Crippen LogP contribution >= 0.6 is 11.6 Å². The van der Waals surface area contributed by atoms with Crippen molar-refractivity contribution >= 4 is 17.4 Å². The lowest BCUT2D eigenvalue weighted by Gasteiger charge is -2.26. The molecule has 26 heavy (non-hydrogen) atoms. The van der Waals surface area contributed by atoms with Crippen LogP contribution in [0.1, 0.15) is 50.8 Å². The third-order valence-corrected chi connectivity index (χ3v) is 5.38. The minimum atomic E-state index is -0.523. The highest BCUT2D eigenvalue weighted by Gasteiger charge is 2.24. The number of benzene rings is 1. The molecule has 1 unspecified atom stereocenters. The van der Waals surface area contributed by atoms with E-state index in [2.05, 4.69) is 25.0 Å². The molecule has 0 radical (unpaired) electrons. The van der Waals surface area contributed by atoms with E-state index in [4.69, 9.17) is 16.4 Å². The summed E-state index contributed by atoms with van der Waals surface area (Å²) in [6, 6.07) is 4.03. The van der Waals surface area contributed by atoms with Gasteiger partial charge in [0.05, 0.1) is 6.61 Å². The maximum Gasteiger partial charge on any atom is 0.137 e. The Morgan fingerprint density at radius 3 is 2.54 bits per heavy atom. The summed E-state index contributed by atoms with van der Waals surface area (Å²) in [7, 11) is 0. The Labute approximate surface area is 162 Å². The van der Waals surface area contributed by atoms with E-state index in [-0.39, 0.29) is 17.8 Å². The largest absolute Gasteiger partial charge is 0.396 e. The lowest BCUT2D eigenvalue weighted by molar-refractivity contribution is -0.130. The van der Waals surface area contributed by atoms with Gasteiger partial charge in [0, 0.05) is 23.6 Å². The van der Waals surface area contributed by atoms with Crippen molar-refractivity contribution in [3.63, 3.8) is 0 Å². The molecule has 5 heteroatoms. The first-order valence-corrected chi connectivity index (χ1v) is 9.30. The minimum Gasteiger partial charge on any atom is -0.396 e. The van der Waals surface area contributed by atoms with Gasteiger partial charge in [-0.15, -0.1) is 6.58 Å². The molecule has 0 aliphatic heterocycles. The number of nitrogens with one attached hydrogen (secondary N) is 1. The first-order chi connectivity index (χ1) is 12.0. The zero-order valence-electron chi connectivity index (χ0n) is 16.6. The molecule has 0 fully saturated rings. The molecule has 0 aliphatic rings. The predicted molar refractivity (Wildman–Crippen MR) is 107 cm³/mol. The van der Waals surface area contributed by atoms with E-state index >= 15 is 0 Å². The Bertz CT molecular complexity index is 642. The molecule has 1 atom stereocenters. The quantitative estimate of drug-likeness (QED) is 0.339. The Morgan fingerprint density at radius 1 is 1.35 bits per heavy atom. The topological polar surface area (TPSA) is 58.6 Å². The van der Waals surface area contributed by atoms with Gasteiger partial charge < -0.3 is 9.94 Å². The first kappa shape index (κ1) is 22.8. The number of hydrogen-bond acceptors (Lipinski definition) is 4. The van der Waals surface area contributed by atoms with Gasteiger partial charge in [-0.05, 0) is 54.9 Å². The highest BCUT2D eigenvalue weighted by molar-refractivity contribution is 6.31. The van der Waals surface area contributed by atoms with Crippen molar-refractivity contribution in [2.24, 2.45) is 10.8 Å². The Balaban J connectivity index is 2.81. The van der Waals surface area contributed by atoms with Crippen LogP contribution in [0, 0.1) is 17.8 Å². The van der Waals surface area contributed by atoms with Crippen LogP contribution in [0.2, 0.25) is 5.02 Å². The number of hydroxylamine groups is 1. The standard InChI is InChI=1S/C21H32ClNO3/c1-7-21(6,8-9-24)12-17-11-18(19(22)10-15(17)2)13-23-26-14-20(4,5)16(3)25/h7,10-11,23-24H,1,8-9,12-14H2,2-6H3. The van der Waals surface area contributed by atoms with Crippen LogP contribution in [0.3, 0.4) is 0 Å². The molecule has 0 aliphatic carbocycles. The summed E-state index contributed by atoms with van der Waals surface area (Å²) in [4.78, 5) is 17.0. The second kappa shape index (κ2) is 9.65. The Hall–Kier alpha value is -1.20. The van der Waals surface area contributed by atoms with Gasteiger partial charge in [-0.1, -0.05) is 44.5 Å². The molecule has 1 aromatic carbocycles. The zero-order chi connectivity index (χ0) is 20.0. The number of aliphatic hydroxyl groups is 1. The average molecular weight is 382 g/mol. The minimum absolute atomic E-state index is 0.0857. The molecule has 146 valence electrons. The molecule has 0 heterocycles. The third-order valence-electron chi connectivity index (χ3n) is 5.03. The summed E-state index contributed by atoms with van der Waals surface area (Å²) in [5.41, 5.74) is 5.44. The van der Waals surface area contributed by atoms with E-state index in [1.54, 1.807) is 6.92 Å². The molecule has 0 saturated carbocycles. The number of aliphatic hydroxyl groups excluding tert-OH is 1. The van der Waals surface area contributed by atoms with Crippen molar-refractivity contribution in [1.82, 2.24) is 5.48 Å². The van der Waals surface area contributed by atoms with Gasteiger partial charge in [-0.3, -0.25) is 4.79 Å². The van der Waals surface area contributed by atoms with Gasteiger partial charge in [0.2, 0.25) is 0 Å². The molecule has 0 aromatic heterocycles. The molecular weight excluding hydrogens is 350 g/mol. The van der Waals surface area contributed by atoms with Crippen LogP contribution in [0.5, 0.6) is 0 Å². The van der Waals surface area contributed by atoms with Gasteiger partial charge in [0.25, 0.3) is 0 Å². The SMILES string of the molecule is C=CC(C)(CCO)Cc1cc(CNOCC(C)(C)C(C)=O)c(Cl)cc1C. The van der Waals surface area contributed by atoms with E-state index in [1.165, 1.54) is 5.56 Å². The monoisotopic (exact) mass is 381 g/mol. The van der Waals surface area contributed by atoms with E-state index < -0.39 is 5.41 Å². The van der Waals surface area contributed by atoms with Gasteiger partial charge in [0.15, 0.2) is 0 Å². The Morgan fingerprint density at radius 2 is 2.00 bits per heavy atom. The molecule has 2 N–H and O–H groups in total. The molecule has 4 nitrogen and oxygen atoms in total. The fourth-order valence-electron chi connectivity index (χ4n) is 2.51. The van der Waals surface area contributed by atoms with Crippen LogP contribution in [0.4, 0.5) is 0 Å². The van der Waals surface area contributed by atoms with Crippen LogP contribution < -0.4 is 5.48 Å². The maximum absolute atomic E-state index is 11.5. The summed E-state index contributed by atoms with van der Waals surface area (Å²) < 4.78 is 0. The maximum atomic E-state index is 11.5. The van der Waals surface area contributed by atoms with E-state index in [9.17, 15) is 9.90 Å². The smallest absolute Gasteiger partial charge is 0.137 e. The number of carbonyl (C=O) groups excluding carboxylic acids is 1. The van der Waals surface area contributed by atoms with E-state index in [0.717, 1.165) is 17.5 Å². The summed E-state index contributed by atoms with van der Waals surface area (Å²) in [6.45, 7) is 14.2. The molecule has 0 saturated heterocycles. The van der Waals surface area contributed by atoms with Gasteiger partial charge in [-0.2, -0.15) is 5.48 Å². The molecular formula is C21H32ClNO3. The number of carbonyl (C=O) groups is 1. The van der Waals surface area contributed by atoms with Crippen molar-refractivity contribution in [3.8, 4) is 0 Å². The van der Waals surface area contributed by atoms with Crippen molar-refractivity contribution in [3.05, 3.63) is 46.5 Å². The van der Waals surface area contributed by atoms with Gasteiger partial charge in [0.1, 0.15) is 5.78 Å². The summed E-state index contributed by atoms with van der Waals surface area (Å²) >= 11 is 6.38. The number of allylic oxidation sites excluding steroid dienone is 1. The number of ketones is 1. The number of rotatable bonds is 11. The number of aryl methyl sites for hydroxylation is 1. The predicted octanol–water partition coefficient (Wildman–Crippen LogP) is 4.40. The molecule has 0 amide bonds. The lowest BCUT2D eigenvalue weighted by atomic mass is 9.79. The highest BCUT2D eigenvalue weighted by atomic mass is 35.5. The van der Waals surface area contributed by atoms with Crippen LogP contribution in [0.25, 0.3) is 0 Å². The summed E-state index contributed by atoms with van der Waals surface area (Å²) in [5.74, 6) is 0.0857. The van der Waals surface area contributed by atoms with Crippen molar-refractivity contribution in [1.29, 1.82) is 0 Å². The average Bonchev–Trinajstić information content (AvgIpc) is 2.55. The third kappa shape index (κ3) is 6.51. The van der Waals surface area contributed by atoms with Crippen LogP contribution in [0.15, 0.2) is 24.8 Å². The Kier molecular flexibility index (Phi) is 8.48. The fourth-order valence-corrected chi connectivity index (χ4v) is 2.79. The fraction of sp³-hybridized carbons (Fsp3) is 0.571. The highest BCUT2D eigenvalue weighted by Crippen LogP contribution is 2.31. The second-order valence-corrected chi connectivity index (χ2v) is 8.34. The number of Topliss-reactive ketones (excluding diaryl/α,β-unsaturated/α-hetero) is 1. The lowest BCUT2D eigenvalue weighted by Crippen LogP contribution is -2.31. The van der Waals surface area contributed by atoms with Crippen molar-refractivity contribution in [2.45, 2.75) is 54.0 Å². The van der Waals surface area contributed by atoms with E-state index in [0.29, 0.717) is 24.6 Å². The van der Waals surface area contributed by atoms with Crippen molar-refractivity contribution < 1.29 is 14.7 Å². The number of halogens is 1. The molecule has 0 spiro atoms. The van der Waals surface area contributed by atoms with Gasteiger partial charge in [-0.25, -0.2) is 0 Å². The van der Waals surface area contributed by atoms with Crippen LogP contribution in [-0.4, -0.2) is 24.1 Å². The normalized spacial score (nSPS) is 14.1. The molecule has 1 aromatic rings. The zero-order valence-corrected chi connectivity index (χ0v) is 17.4.